The summed E-state index contributed by atoms with van der Waals surface area (Å²) in [7, 11) is 0. The Morgan fingerprint density at radius 1 is 0.900 bits per heavy atom. The van der Waals surface area contributed by atoms with E-state index in [0.29, 0.717) is 31.2 Å². The first-order chi connectivity index (χ1) is 14.1. The van der Waals surface area contributed by atoms with E-state index in [4.69, 9.17) is 46.4 Å². The van der Waals surface area contributed by atoms with Gasteiger partial charge >= 0.3 is 0 Å². The minimum Gasteiger partial charge on any atom is -0.352 e. The quantitative estimate of drug-likeness (QED) is 0.481. The summed E-state index contributed by atoms with van der Waals surface area (Å²) in [5.41, 5.74) is 1.08. The standard InChI is InChI=1S/C22H24Cl4N2O2/c1-4-13(2)27-22(30)14(3)28(12-16-19(25)9-6-10-20(16)26)21(29)11-15-17(23)7-5-8-18(15)24/h5-10,13-14H,4,11-12H2,1-3H3,(H,27,30)/t13-,14-/m0/s1. The molecule has 162 valence electrons. The van der Waals surface area contributed by atoms with Gasteiger partial charge < -0.3 is 10.2 Å². The van der Waals surface area contributed by atoms with Gasteiger partial charge in [0.2, 0.25) is 11.8 Å². The summed E-state index contributed by atoms with van der Waals surface area (Å²) in [6, 6.07) is 9.40. The highest BCUT2D eigenvalue weighted by molar-refractivity contribution is 6.36. The smallest absolute Gasteiger partial charge is 0.242 e. The minimum absolute atomic E-state index is 0.0150. The summed E-state index contributed by atoms with van der Waals surface area (Å²) in [5.74, 6) is -0.570. The van der Waals surface area contributed by atoms with E-state index in [1.807, 2.05) is 13.8 Å². The van der Waals surface area contributed by atoms with Crippen LogP contribution in [0.25, 0.3) is 0 Å². The third-order valence-electron chi connectivity index (χ3n) is 4.95. The number of rotatable bonds is 8. The van der Waals surface area contributed by atoms with Crippen LogP contribution >= 0.6 is 46.4 Å². The lowest BCUT2D eigenvalue weighted by Gasteiger charge is -2.30. The first kappa shape index (κ1) is 24.8. The van der Waals surface area contributed by atoms with Crippen LogP contribution in [0.3, 0.4) is 0 Å². The number of hydrogen-bond acceptors (Lipinski definition) is 2. The molecule has 2 aromatic carbocycles. The van der Waals surface area contributed by atoms with Crippen molar-refractivity contribution in [1.82, 2.24) is 10.2 Å². The van der Waals surface area contributed by atoms with E-state index in [0.717, 1.165) is 6.42 Å². The van der Waals surface area contributed by atoms with Gasteiger partial charge in [-0.05, 0) is 50.1 Å². The normalized spacial score (nSPS) is 12.9. The van der Waals surface area contributed by atoms with Crippen molar-refractivity contribution in [1.29, 1.82) is 0 Å². The second-order valence-electron chi connectivity index (χ2n) is 7.09. The first-order valence-corrected chi connectivity index (χ1v) is 11.1. The molecule has 0 radical (unpaired) electrons. The molecule has 0 saturated carbocycles. The number of nitrogens with one attached hydrogen (secondary N) is 1. The lowest BCUT2D eigenvalue weighted by Crippen LogP contribution is -2.50. The average Bonchev–Trinajstić information content (AvgIpc) is 2.69. The Bertz CT molecular complexity index is 880. The van der Waals surface area contributed by atoms with Crippen molar-refractivity contribution in [3.8, 4) is 0 Å². The lowest BCUT2D eigenvalue weighted by atomic mass is 10.1. The number of nitrogens with zero attached hydrogens (tertiary/aromatic N) is 1. The molecule has 2 amide bonds. The summed E-state index contributed by atoms with van der Waals surface area (Å²) in [6.45, 7) is 5.63. The van der Waals surface area contributed by atoms with Gasteiger partial charge in [0.25, 0.3) is 0 Å². The Morgan fingerprint density at radius 3 is 1.83 bits per heavy atom. The lowest BCUT2D eigenvalue weighted by molar-refractivity contribution is -0.140. The molecule has 0 aliphatic heterocycles. The molecule has 2 aromatic rings. The average molecular weight is 490 g/mol. The van der Waals surface area contributed by atoms with Crippen molar-refractivity contribution in [2.24, 2.45) is 0 Å². The van der Waals surface area contributed by atoms with Crippen LogP contribution in [0.5, 0.6) is 0 Å². The van der Waals surface area contributed by atoms with Gasteiger partial charge in [0, 0.05) is 38.2 Å². The zero-order chi connectivity index (χ0) is 22.4. The Balaban J connectivity index is 2.37. The second kappa shape index (κ2) is 11.2. The van der Waals surface area contributed by atoms with Crippen LogP contribution in [0.4, 0.5) is 0 Å². The van der Waals surface area contributed by atoms with E-state index in [-0.39, 0.29) is 30.8 Å². The maximum atomic E-state index is 13.3. The largest absolute Gasteiger partial charge is 0.352 e. The minimum atomic E-state index is -0.750. The maximum absolute atomic E-state index is 13.3. The topological polar surface area (TPSA) is 49.4 Å². The number of benzene rings is 2. The van der Waals surface area contributed by atoms with Crippen LogP contribution in [-0.4, -0.2) is 28.8 Å². The monoisotopic (exact) mass is 488 g/mol. The molecule has 4 nitrogen and oxygen atoms in total. The molecule has 30 heavy (non-hydrogen) atoms. The van der Waals surface area contributed by atoms with Crippen LogP contribution in [0.2, 0.25) is 20.1 Å². The third-order valence-corrected chi connectivity index (χ3v) is 6.36. The van der Waals surface area contributed by atoms with E-state index < -0.39 is 6.04 Å². The number of carbonyl (C=O) groups excluding carboxylic acids is 2. The molecular weight excluding hydrogens is 466 g/mol. The molecule has 0 bridgehead atoms. The van der Waals surface area contributed by atoms with E-state index in [1.165, 1.54) is 4.90 Å². The molecule has 0 fully saturated rings. The molecule has 0 aromatic heterocycles. The van der Waals surface area contributed by atoms with Crippen LogP contribution in [0, 0.1) is 0 Å². The number of hydrogen-bond donors (Lipinski definition) is 1. The molecule has 2 atom stereocenters. The fourth-order valence-electron chi connectivity index (χ4n) is 2.86. The molecule has 0 heterocycles. The molecule has 2 rings (SSSR count). The van der Waals surface area contributed by atoms with E-state index >= 15 is 0 Å². The third kappa shape index (κ3) is 6.27. The highest BCUT2D eigenvalue weighted by atomic mass is 35.5. The number of halogens is 4. The van der Waals surface area contributed by atoms with Gasteiger partial charge in [-0.25, -0.2) is 0 Å². The molecule has 0 spiro atoms. The van der Waals surface area contributed by atoms with Gasteiger partial charge in [-0.1, -0.05) is 65.5 Å². The first-order valence-electron chi connectivity index (χ1n) is 9.61. The highest BCUT2D eigenvalue weighted by Crippen LogP contribution is 2.29. The summed E-state index contributed by atoms with van der Waals surface area (Å²) in [6.07, 6.45) is 0.722. The van der Waals surface area contributed by atoms with Crippen molar-refractivity contribution in [2.45, 2.75) is 52.2 Å². The Labute approximate surface area is 197 Å². The van der Waals surface area contributed by atoms with E-state index in [2.05, 4.69) is 5.32 Å². The predicted molar refractivity (Wildman–Crippen MR) is 125 cm³/mol. The van der Waals surface area contributed by atoms with Crippen molar-refractivity contribution in [3.05, 3.63) is 67.6 Å². The van der Waals surface area contributed by atoms with Gasteiger partial charge in [-0.3, -0.25) is 9.59 Å². The molecule has 0 saturated heterocycles. The molecular formula is C22H24Cl4N2O2. The Morgan fingerprint density at radius 2 is 1.37 bits per heavy atom. The summed E-state index contributed by atoms with van der Waals surface area (Å²) in [5, 5.41) is 4.54. The van der Waals surface area contributed by atoms with Gasteiger partial charge in [-0.2, -0.15) is 0 Å². The van der Waals surface area contributed by atoms with Crippen LogP contribution in [-0.2, 0) is 22.6 Å². The van der Waals surface area contributed by atoms with E-state index in [9.17, 15) is 9.59 Å². The predicted octanol–water partition coefficient (Wildman–Crippen LogP) is 6.17. The summed E-state index contributed by atoms with van der Waals surface area (Å²) in [4.78, 5) is 27.5. The zero-order valence-electron chi connectivity index (χ0n) is 17.0. The van der Waals surface area contributed by atoms with Crippen molar-refractivity contribution < 1.29 is 9.59 Å². The van der Waals surface area contributed by atoms with Crippen molar-refractivity contribution >= 4 is 58.2 Å². The molecule has 0 aliphatic carbocycles. The fourth-order valence-corrected chi connectivity index (χ4v) is 3.90. The van der Waals surface area contributed by atoms with Crippen molar-refractivity contribution in [3.63, 3.8) is 0 Å². The molecule has 8 heteroatoms. The van der Waals surface area contributed by atoms with Crippen LogP contribution in [0.15, 0.2) is 36.4 Å². The van der Waals surface area contributed by atoms with Gasteiger partial charge in [0.1, 0.15) is 6.04 Å². The maximum Gasteiger partial charge on any atom is 0.242 e. The number of amides is 2. The molecule has 0 aliphatic rings. The SMILES string of the molecule is CC[C@H](C)NC(=O)[C@H](C)N(Cc1c(Cl)cccc1Cl)C(=O)Cc1c(Cl)cccc1Cl. The van der Waals surface area contributed by atoms with Crippen LogP contribution < -0.4 is 5.32 Å². The molecule has 0 unspecified atom stereocenters. The highest BCUT2D eigenvalue weighted by Gasteiger charge is 2.28. The Kier molecular flexibility index (Phi) is 9.30. The zero-order valence-corrected chi connectivity index (χ0v) is 20.0. The Hall–Kier alpha value is -1.46. The number of carbonyl (C=O) groups is 2. The summed E-state index contributed by atoms with van der Waals surface area (Å²) >= 11 is 25.1. The molecule has 1 N–H and O–H groups in total. The van der Waals surface area contributed by atoms with Crippen LogP contribution in [0.1, 0.15) is 38.3 Å². The summed E-state index contributed by atoms with van der Waals surface area (Å²) < 4.78 is 0. The van der Waals surface area contributed by atoms with Crippen molar-refractivity contribution in [2.75, 3.05) is 0 Å². The fraction of sp³-hybridized carbons (Fsp3) is 0.364. The van der Waals surface area contributed by atoms with E-state index in [1.54, 1.807) is 43.3 Å². The van der Waals surface area contributed by atoms with Gasteiger partial charge in [-0.15, -0.1) is 0 Å². The van der Waals surface area contributed by atoms with Gasteiger partial charge in [0.05, 0.1) is 6.42 Å². The van der Waals surface area contributed by atoms with Gasteiger partial charge in [0.15, 0.2) is 0 Å². The second-order valence-corrected chi connectivity index (χ2v) is 8.72.